The molecule has 5 heteroatoms. The van der Waals surface area contributed by atoms with Crippen molar-refractivity contribution in [3.8, 4) is 0 Å². The summed E-state index contributed by atoms with van der Waals surface area (Å²) >= 11 is 0. The van der Waals surface area contributed by atoms with Crippen LogP contribution in [-0.4, -0.2) is 24.6 Å². The van der Waals surface area contributed by atoms with Gasteiger partial charge in [0.1, 0.15) is 10.4 Å². The fraction of sp³-hybridized carbons (Fsp3) is 0.125. The van der Waals surface area contributed by atoms with Crippen molar-refractivity contribution < 1.29 is 8.42 Å². The number of aromatic nitrogens is 2. The predicted octanol–water partition coefficient (Wildman–Crippen LogP) is 0.966. The van der Waals surface area contributed by atoms with Crippen molar-refractivity contribution in [1.82, 2.24) is 9.97 Å². The average molecular weight is 196 g/mol. The third-order valence-corrected chi connectivity index (χ3v) is 2.91. The molecular formula is C8H8N2O2S. The highest BCUT2D eigenvalue weighted by atomic mass is 32.2. The first-order valence-electron chi connectivity index (χ1n) is 3.71. The van der Waals surface area contributed by atoms with Gasteiger partial charge in [0, 0.05) is 18.6 Å². The molecule has 0 amide bonds. The molecule has 2 aromatic heterocycles. The Bertz CT molecular complexity index is 542. The summed E-state index contributed by atoms with van der Waals surface area (Å²) in [5.74, 6) is 0. The Morgan fingerprint density at radius 3 is 2.92 bits per heavy atom. The number of fused-ring (bicyclic) bond motifs is 1. The van der Waals surface area contributed by atoms with E-state index in [1.165, 1.54) is 12.5 Å². The van der Waals surface area contributed by atoms with Gasteiger partial charge in [-0.15, -0.1) is 0 Å². The molecule has 0 saturated heterocycles. The second kappa shape index (κ2) is 2.56. The first-order valence-corrected chi connectivity index (χ1v) is 5.60. The summed E-state index contributed by atoms with van der Waals surface area (Å²) in [7, 11) is -3.18. The summed E-state index contributed by atoms with van der Waals surface area (Å²) in [6.45, 7) is 0. The maximum atomic E-state index is 11.2. The predicted molar refractivity (Wildman–Crippen MR) is 49.2 cm³/mol. The molecule has 0 aliphatic rings. The van der Waals surface area contributed by atoms with Gasteiger partial charge in [-0.1, -0.05) is 0 Å². The van der Waals surface area contributed by atoms with Gasteiger partial charge in [-0.3, -0.25) is 4.98 Å². The number of hydrogen-bond acceptors (Lipinski definition) is 3. The molecule has 0 unspecified atom stereocenters. The molecule has 0 aliphatic carbocycles. The number of nitrogens with zero attached hydrogens (tertiary/aromatic N) is 1. The molecule has 68 valence electrons. The van der Waals surface area contributed by atoms with Crippen molar-refractivity contribution in [1.29, 1.82) is 0 Å². The van der Waals surface area contributed by atoms with Gasteiger partial charge in [0.25, 0.3) is 0 Å². The molecule has 0 fully saturated rings. The molecule has 0 aliphatic heterocycles. The monoisotopic (exact) mass is 196 g/mol. The highest BCUT2D eigenvalue weighted by molar-refractivity contribution is 7.91. The lowest BCUT2D eigenvalue weighted by molar-refractivity contribution is 0.602. The second-order valence-corrected chi connectivity index (χ2v) is 4.81. The molecule has 13 heavy (non-hydrogen) atoms. The van der Waals surface area contributed by atoms with Crippen LogP contribution < -0.4 is 0 Å². The van der Waals surface area contributed by atoms with Crippen LogP contribution in [0.4, 0.5) is 0 Å². The van der Waals surface area contributed by atoms with Crippen LogP contribution >= 0.6 is 0 Å². The van der Waals surface area contributed by atoms with Gasteiger partial charge in [0.2, 0.25) is 0 Å². The van der Waals surface area contributed by atoms with Crippen LogP contribution in [0.25, 0.3) is 11.0 Å². The Balaban J connectivity index is 2.87. The molecular weight excluding hydrogens is 188 g/mol. The topological polar surface area (TPSA) is 62.8 Å². The molecule has 0 radical (unpaired) electrons. The standard InChI is InChI=1S/C8H8N2O2S/c1-13(11,12)7-5-10-6-3-2-4-9-8(6)7/h2-5,10H,1H3. The zero-order valence-corrected chi connectivity index (χ0v) is 7.80. The minimum Gasteiger partial charge on any atom is -0.359 e. The SMILES string of the molecule is CS(=O)(=O)c1c[nH]c2cccnc12. The van der Waals surface area contributed by atoms with Crippen LogP contribution in [0.15, 0.2) is 29.4 Å². The van der Waals surface area contributed by atoms with E-state index < -0.39 is 9.84 Å². The van der Waals surface area contributed by atoms with Gasteiger partial charge in [-0.25, -0.2) is 8.42 Å². The van der Waals surface area contributed by atoms with Crippen molar-refractivity contribution >= 4 is 20.9 Å². The summed E-state index contributed by atoms with van der Waals surface area (Å²) in [6.07, 6.45) is 4.21. The molecule has 1 N–H and O–H groups in total. The Morgan fingerprint density at radius 2 is 2.23 bits per heavy atom. The Kier molecular flexibility index (Phi) is 1.63. The average Bonchev–Trinajstić information content (AvgIpc) is 2.45. The van der Waals surface area contributed by atoms with Gasteiger partial charge in [0.15, 0.2) is 9.84 Å². The van der Waals surface area contributed by atoms with Crippen molar-refractivity contribution in [2.75, 3.05) is 6.26 Å². The highest BCUT2D eigenvalue weighted by Gasteiger charge is 2.13. The molecule has 0 spiro atoms. The van der Waals surface area contributed by atoms with Crippen LogP contribution in [0.3, 0.4) is 0 Å². The van der Waals surface area contributed by atoms with E-state index in [-0.39, 0.29) is 4.90 Å². The molecule has 4 nitrogen and oxygen atoms in total. The summed E-state index contributed by atoms with van der Waals surface area (Å²) in [6, 6.07) is 3.54. The minimum absolute atomic E-state index is 0.253. The summed E-state index contributed by atoms with van der Waals surface area (Å²) in [5, 5.41) is 0. The highest BCUT2D eigenvalue weighted by Crippen LogP contribution is 2.19. The molecule has 2 heterocycles. The van der Waals surface area contributed by atoms with Crippen LogP contribution in [0.1, 0.15) is 0 Å². The number of hydrogen-bond donors (Lipinski definition) is 1. The van der Waals surface area contributed by atoms with E-state index in [4.69, 9.17) is 0 Å². The number of pyridine rings is 1. The Morgan fingerprint density at radius 1 is 1.46 bits per heavy atom. The van der Waals surface area contributed by atoms with Crippen LogP contribution in [0.2, 0.25) is 0 Å². The number of aromatic amines is 1. The first kappa shape index (κ1) is 8.25. The molecule has 0 atom stereocenters. The largest absolute Gasteiger partial charge is 0.359 e. The Labute approximate surface area is 75.5 Å². The molecule has 0 aromatic carbocycles. The molecule has 0 saturated carbocycles. The Hall–Kier alpha value is -1.36. The van der Waals surface area contributed by atoms with Crippen LogP contribution in [-0.2, 0) is 9.84 Å². The zero-order chi connectivity index (χ0) is 9.47. The van der Waals surface area contributed by atoms with Crippen molar-refractivity contribution in [2.45, 2.75) is 4.90 Å². The number of sulfone groups is 1. The van der Waals surface area contributed by atoms with Gasteiger partial charge in [-0.05, 0) is 12.1 Å². The lowest BCUT2D eigenvalue weighted by Gasteiger charge is -1.92. The maximum absolute atomic E-state index is 11.2. The van der Waals surface area contributed by atoms with Gasteiger partial charge in [0.05, 0.1) is 5.52 Å². The summed E-state index contributed by atoms with van der Waals surface area (Å²) in [4.78, 5) is 7.10. The maximum Gasteiger partial charge on any atom is 0.179 e. The third kappa shape index (κ3) is 1.31. The van der Waals surface area contributed by atoms with Crippen LogP contribution in [0, 0.1) is 0 Å². The van der Waals surface area contributed by atoms with E-state index in [2.05, 4.69) is 9.97 Å². The number of nitrogens with one attached hydrogen (secondary N) is 1. The van der Waals surface area contributed by atoms with Crippen molar-refractivity contribution in [3.63, 3.8) is 0 Å². The quantitative estimate of drug-likeness (QED) is 0.739. The van der Waals surface area contributed by atoms with Crippen LogP contribution in [0.5, 0.6) is 0 Å². The molecule has 2 rings (SSSR count). The van der Waals surface area contributed by atoms with E-state index >= 15 is 0 Å². The minimum atomic E-state index is -3.18. The van der Waals surface area contributed by atoms with Crippen molar-refractivity contribution in [3.05, 3.63) is 24.5 Å². The smallest absolute Gasteiger partial charge is 0.179 e. The van der Waals surface area contributed by atoms with Crippen molar-refractivity contribution in [2.24, 2.45) is 0 Å². The normalized spacial score (nSPS) is 12.1. The van der Waals surface area contributed by atoms with E-state index in [0.29, 0.717) is 5.52 Å². The van der Waals surface area contributed by atoms with Gasteiger partial charge >= 0.3 is 0 Å². The first-order chi connectivity index (χ1) is 6.09. The van der Waals surface area contributed by atoms with E-state index in [1.807, 2.05) is 0 Å². The summed E-state index contributed by atoms with van der Waals surface area (Å²) in [5.41, 5.74) is 1.24. The lowest BCUT2D eigenvalue weighted by atomic mass is 10.4. The number of rotatable bonds is 1. The third-order valence-electron chi connectivity index (χ3n) is 1.80. The second-order valence-electron chi connectivity index (χ2n) is 2.82. The zero-order valence-electron chi connectivity index (χ0n) is 6.98. The fourth-order valence-electron chi connectivity index (χ4n) is 1.21. The van der Waals surface area contributed by atoms with E-state index in [1.54, 1.807) is 18.3 Å². The molecule has 2 aromatic rings. The van der Waals surface area contributed by atoms with Gasteiger partial charge < -0.3 is 4.98 Å². The fourth-order valence-corrected chi connectivity index (χ4v) is 2.00. The van der Waals surface area contributed by atoms with Gasteiger partial charge in [-0.2, -0.15) is 0 Å². The van der Waals surface area contributed by atoms with E-state index in [9.17, 15) is 8.42 Å². The van der Waals surface area contributed by atoms with E-state index in [0.717, 1.165) is 5.52 Å². The lowest BCUT2D eigenvalue weighted by Crippen LogP contribution is -1.95. The summed E-state index contributed by atoms with van der Waals surface area (Å²) < 4.78 is 22.5. The molecule has 0 bridgehead atoms. The number of H-pyrrole nitrogens is 1.